The highest BCUT2D eigenvalue weighted by Crippen LogP contribution is 2.42. The normalized spacial score (nSPS) is 26.7. The number of hydrogen-bond donors (Lipinski definition) is 1. The minimum atomic E-state index is -0.562. The fraction of sp³-hybridized carbons (Fsp3) is 0.667. The van der Waals surface area contributed by atoms with Crippen LogP contribution in [0.4, 0.5) is 6.01 Å². The van der Waals surface area contributed by atoms with Crippen molar-refractivity contribution in [3.63, 3.8) is 0 Å². The van der Waals surface area contributed by atoms with E-state index in [1.165, 1.54) is 6.20 Å². The second kappa shape index (κ2) is 5.84. The number of oxazole rings is 1. The number of anilines is 1. The molecule has 0 aliphatic carbocycles. The molecule has 2 fully saturated rings. The molecule has 2 aliphatic heterocycles. The minimum absolute atomic E-state index is 0.0105. The predicted molar refractivity (Wildman–Crippen MR) is 82.2 cm³/mol. The fourth-order valence-electron chi connectivity index (χ4n) is 3.45. The summed E-state index contributed by atoms with van der Waals surface area (Å²) in [5.74, 6) is -0.0485. The lowest BCUT2D eigenvalue weighted by Crippen LogP contribution is -2.49. The molecule has 1 N–H and O–H groups in total. The molecule has 3 heterocycles. The lowest BCUT2D eigenvalue weighted by Gasteiger charge is -2.36. The van der Waals surface area contributed by atoms with E-state index < -0.39 is 5.41 Å². The van der Waals surface area contributed by atoms with Crippen molar-refractivity contribution in [3.8, 4) is 0 Å². The van der Waals surface area contributed by atoms with Crippen LogP contribution in [0.25, 0.3) is 0 Å². The molecular formula is C15H22N4O4. The Hall–Kier alpha value is -2.09. The summed E-state index contributed by atoms with van der Waals surface area (Å²) in [6.45, 7) is 1.91. The van der Waals surface area contributed by atoms with Crippen molar-refractivity contribution in [2.75, 3.05) is 52.3 Å². The van der Waals surface area contributed by atoms with Crippen molar-refractivity contribution in [2.45, 2.75) is 6.42 Å². The average molecular weight is 322 g/mol. The number of hydrogen-bond acceptors (Lipinski definition) is 6. The number of carbonyl (C=O) groups is 2. The van der Waals surface area contributed by atoms with Crippen LogP contribution in [0.1, 0.15) is 17.0 Å². The molecule has 3 rings (SSSR count). The van der Waals surface area contributed by atoms with Crippen LogP contribution in [-0.4, -0.2) is 69.1 Å². The first-order valence-electron chi connectivity index (χ1n) is 7.70. The Balaban J connectivity index is 1.81. The predicted octanol–water partition coefficient (Wildman–Crippen LogP) is -0.0347. The van der Waals surface area contributed by atoms with Crippen molar-refractivity contribution in [1.29, 1.82) is 0 Å². The monoisotopic (exact) mass is 322 g/mol. The summed E-state index contributed by atoms with van der Waals surface area (Å²) in [5.41, 5.74) is -0.562. The maximum absolute atomic E-state index is 12.7. The smallest absolute Gasteiger partial charge is 0.297 e. The van der Waals surface area contributed by atoms with E-state index in [-0.39, 0.29) is 23.5 Å². The molecule has 0 radical (unpaired) electrons. The summed E-state index contributed by atoms with van der Waals surface area (Å²) in [6, 6.07) is 0.384. The Morgan fingerprint density at radius 2 is 2.26 bits per heavy atom. The molecule has 1 aromatic rings. The van der Waals surface area contributed by atoms with Crippen molar-refractivity contribution in [3.05, 3.63) is 12.0 Å². The SMILES string of the molecule is CNC(=O)[C@]12CCOC[C@H]1CN(C(=O)c1cnc(N(C)C)o1)C2. The van der Waals surface area contributed by atoms with E-state index in [1.807, 2.05) is 0 Å². The Bertz CT molecular complexity index is 614. The van der Waals surface area contributed by atoms with E-state index in [0.29, 0.717) is 38.7 Å². The van der Waals surface area contributed by atoms with Gasteiger partial charge in [0.2, 0.25) is 11.7 Å². The molecule has 2 saturated heterocycles. The molecule has 0 spiro atoms. The third-order valence-electron chi connectivity index (χ3n) is 4.76. The van der Waals surface area contributed by atoms with Gasteiger partial charge in [-0.05, 0) is 6.42 Å². The van der Waals surface area contributed by atoms with Gasteiger partial charge in [-0.25, -0.2) is 4.98 Å². The van der Waals surface area contributed by atoms with Crippen LogP contribution in [0.2, 0.25) is 0 Å². The van der Waals surface area contributed by atoms with Crippen molar-refractivity contribution < 1.29 is 18.7 Å². The summed E-state index contributed by atoms with van der Waals surface area (Å²) in [4.78, 5) is 32.5. The molecule has 2 amide bonds. The van der Waals surface area contributed by atoms with Gasteiger partial charge >= 0.3 is 0 Å². The number of likely N-dealkylation sites (tertiary alicyclic amines) is 1. The first kappa shape index (κ1) is 15.8. The number of amides is 2. The molecule has 126 valence electrons. The number of rotatable bonds is 3. The largest absolute Gasteiger partial charge is 0.418 e. The zero-order valence-corrected chi connectivity index (χ0v) is 13.7. The highest BCUT2D eigenvalue weighted by Gasteiger charge is 2.54. The average Bonchev–Trinajstić information content (AvgIpc) is 3.18. The quantitative estimate of drug-likeness (QED) is 0.840. The van der Waals surface area contributed by atoms with Gasteiger partial charge in [-0.15, -0.1) is 0 Å². The van der Waals surface area contributed by atoms with Crippen LogP contribution in [0.5, 0.6) is 0 Å². The molecule has 0 bridgehead atoms. The molecule has 2 aliphatic rings. The van der Waals surface area contributed by atoms with Gasteiger partial charge in [-0.1, -0.05) is 0 Å². The topological polar surface area (TPSA) is 87.9 Å². The maximum atomic E-state index is 12.7. The molecule has 1 aromatic heterocycles. The number of ether oxygens (including phenoxy) is 1. The van der Waals surface area contributed by atoms with E-state index in [9.17, 15) is 9.59 Å². The van der Waals surface area contributed by atoms with Crippen molar-refractivity contribution in [1.82, 2.24) is 15.2 Å². The van der Waals surface area contributed by atoms with Crippen molar-refractivity contribution >= 4 is 17.8 Å². The standard InChI is InChI=1S/C15H22N4O4/c1-16-13(21)15-4-5-22-8-10(15)7-19(9-15)12(20)11-6-17-14(23-11)18(2)3/h6,10H,4-5,7-9H2,1-3H3,(H,16,21)/t10-,15+/m1/s1. The lowest BCUT2D eigenvalue weighted by atomic mass is 9.73. The Kier molecular flexibility index (Phi) is 4.01. The number of nitrogens with one attached hydrogen (secondary N) is 1. The first-order valence-corrected chi connectivity index (χ1v) is 7.70. The summed E-state index contributed by atoms with van der Waals surface area (Å²) in [6.07, 6.45) is 2.06. The molecule has 23 heavy (non-hydrogen) atoms. The first-order chi connectivity index (χ1) is 11.0. The molecule has 2 atom stereocenters. The summed E-state index contributed by atoms with van der Waals surface area (Å²) < 4.78 is 11.0. The Labute approximate surface area is 134 Å². The van der Waals surface area contributed by atoms with Crippen LogP contribution in [0.3, 0.4) is 0 Å². The second-order valence-corrected chi connectivity index (χ2v) is 6.34. The van der Waals surface area contributed by atoms with Gasteiger partial charge < -0.3 is 24.3 Å². The summed E-state index contributed by atoms with van der Waals surface area (Å²) in [5, 5.41) is 2.74. The molecule has 0 unspecified atom stereocenters. The molecule has 0 aromatic carbocycles. The van der Waals surface area contributed by atoms with Gasteiger partial charge in [0.25, 0.3) is 11.9 Å². The number of nitrogens with zero attached hydrogens (tertiary/aromatic N) is 3. The van der Waals surface area contributed by atoms with Gasteiger partial charge in [0.1, 0.15) is 0 Å². The highest BCUT2D eigenvalue weighted by atomic mass is 16.5. The van der Waals surface area contributed by atoms with Crippen LogP contribution < -0.4 is 10.2 Å². The number of carbonyl (C=O) groups excluding carboxylic acids is 2. The van der Waals surface area contributed by atoms with Crippen LogP contribution in [0.15, 0.2) is 10.6 Å². The van der Waals surface area contributed by atoms with Gasteiger partial charge in [0, 0.05) is 46.8 Å². The third-order valence-corrected chi connectivity index (χ3v) is 4.76. The number of aromatic nitrogens is 1. The van der Waals surface area contributed by atoms with Gasteiger partial charge in [-0.3, -0.25) is 9.59 Å². The number of fused-ring (bicyclic) bond motifs is 1. The van der Waals surface area contributed by atoms with E-state index in [1.54, 1.807) is 30.9 Å². The van der Waals surface area contributed by atoms with Crippen molar-refractivity contribution in [2.24, 2.45) is 11.3 Å². The zero-order valence-electron chi connectivity index (χ0n) is 13.7. The minimum Gasteiger partial charge on any atom is -0.418 e. The van der Waals surface area contributed by atoms with Crippen LogP contribution >= 0.6 is 0 Å². The molecular weight excluding hydrogens is 300 g/mol. The zero-order chi connectivity index (χ0) is 16.6. The summed E-state index contributed by atoms with van der Waals surface area (Å²) in [7, 11) is 5.22. The molecule has 8 nitrogen and oxygen atoms in total. The second-order valence-electron chi connectivity index (χ2n) is 6.34. The Morgan fingerprint density at radius 3 is 2.91 bits per heavy atom. The highest BCUT2D eigenvalue weighted by molar-refractivity contribution is 5.93. The van der Waals surface area contributed by atoms with Crippen LogP contribution in [-0.2, 0) is 9.53 Å². The molecule has 8 heteroatoms. The lowest BCUT2D eigenvalue weighted by molar-refractivity contribution is -0.138. The fourth-order valence-corrected chi connectivity index (χ4v) is 3.45. The van der Waals surface area contributed by atoms with E-state index >= 15 is 0 Å². The van der Waals surface area contributed by atoms with Gasteiger partial charge in [0.05, 0.1) is 18.2 Å². The van der Waals surface area contributed by atoms with Gasteiger partial charge in [-0.2, -0.15) is 0 Å². The van der Waals surface area contributed by atoms with E-state index in [4.69, 9.17) is 9.15 Å². The van der Waals surface area contributed by atoms with Crippen LogP contribution in [0, 0.1) is 11.3 Å². The molecule has 0 saturated carbocycles. The maximum Gasteiger partial charge on any atom is 0.297 e. The third kappa shape index (κ3) is 2.56. The van der Waals surface area contributed by atoms with E-state index in [0.717, 1.165) is 0 Å². The van der Waals surface area contributed by atoms with Gasteiger partial charge in [0.15, 0.2) is 0 Å². The van der Waals surface area contributed by atoms with E-state index in [2.05, 4.69) is 10.3 Å². The summed E-state index contributed by atoms with van der Waals surface area (Å²) >= 11 is 0. The Morgan fingerprint density at radius 1 is 1.48 bits per heavy atom.